The Hall–Kier alpha value is -2.36. The molecular weight excluding hydrogens is 226 g/mol. The van der Waals surface area contributed by atoms with Crippen LogP contribution in [0.5, 0.6) is 5.88 Å². The Morgan fingerprint density at radius 3 is 2.56 bits per heavy atom. The van der Waals surface area contributed by atoms with Gasteiger partial charge in [-0.3, -0.25) is 4.40 Å². The van der Waals surface area contributed by atoms with Crippen molar-refractivity contribution in [2.75, 3.05) is 7.11 Å². The average molecular weight is 239 g/mol. The van der Waals surface area contributed by atoms with Crippen LogP contribution >= 0.6 is 0 Å². The van der Waals surface area contributed by atoms with Crippen LogP contribution in [0.25, 0.3) is 16.8 Å². The van der Waals surface area contributed by atoms with Gasteiger partial charge < -0.3 is 4.74 Å². The maximum atomic E-state index is 5.26. The van der Waals surface area contributed by atoms with E-state index < -0.39 is 0 Å². The van der Waals surface area contributed by atoms with Crippen LogP contribution in [0.15, 0.2) is 42.7 Å². The summed E-state index contributed by atoms with van der Waals surface area (Å²) in [6.45, 7) is 1.97. The first-order valence-corrected chi connectivity index (χ1v) is 5.73. The molecule has 4 heteroatoms. The molecule has 0 aliphatic heterocycles. The third-order valence-electron chi connectivity index (χ3n) is 2.97. The first-order valence-electron chi connectivity index (χ1n) is 5.73. The van der Waals surface area contributed by atoms with Crippen LogP contribution in [0.1, 0.15) is 5.82 Å². The van der Waals surface area contributed by atoms with E-state index in [0.717, 1.165) is 22.6 Å². The van der Waals surface area contributed by atoms with Crippen molar-refractivity contribution in [1.29, 1.82) is 0 Å². The fourth-order valence-electron chi connectivity index (χ4n) is 2.11. The summed E-state index contributed by atoms with van der Waals surface area (Å²) in [5.74, 6) is 1.51. The van der Waals surface area contributed by atoms with Crippen molar-refractivity contribution >= 4 is 5.52 Å². The van der Waals surface area contributed by atoms with Crippen molar-refractivity contribution in [2.45, 2.75) is 6.92 Å². The Balaban J connectivity index is 2.34. The molecule has 0 fully saturated rings. The summed E-state index contributed by atoms with van der Waals surface area (Å²) in [5, 5.41) is 0. The molecule has 0 aliphatic rings. The lowest BCUT2D eigenvalue weighted by Crippen LogP contribution is -1.99. The Morgan fingerprint density at radius 1 is 1.06 bits per heavy atom. The number of hydrogen-bond donors (Lipinski definition) is 0. The van der Waals surface area contributed by atoms with Crippen LogP contribution in [0, 0.1) is 6.92 Å². The lowest BCUT2D eigenvalue weighted by Gasteiger charge is -2.09. The normalized spacial score (nSPS) is 10.8. The van der Waals surface area contributed by atoms with E-state index in [1.54, 1.807) is 13.3 Å². The van der Waals surface area contributed by atoms with Crippen molar-refractivity contribution in [3.63, 3.8) is 0 Å². The van der Waals surface area contributed by atoms with Crippen molar-refractivity contribution in [3.05, 3.63) is 48.5 Å². The van der Waals surface area contributed by atoms with E-state index >= 15 is 0 Å². The van der Waals surface area contributed by atoms with E-state index in [2.05, 4.69) is 26.5 Å². The van der Waals surface area contributed by atoms with Gasteiger partial charge in [0.15, 0.2) is 0 Å². The molecule has 3 rings (SSSR count). The molecule has 18 heavy (non-hydrogen) atoms. The highest BCUT2D eigenvalue weighted by atomic mass is 16.5. The van der Waals surface area contributed by atoms with Crippen molar-refractivity contribution in [1.82, 2.24) is 14.4 Å². The number of aromatic nitrogens is 3. The zero-order valence-corrected chi connectivity index (χ0v) is 10.3. The predicted molar refractivity (Wildman–Crippen MR) is 69.7 cm³/mol. The minimum atomic E-state index is 0.593. The number of rotatable bonds is 2. The third kappa shape index (κ3) is 1.54. The number of hydrogen-bond acceptors (Lipinski definition) is 3. The maximum Gasteiger partial charge on any atom is 0.239 e. The molecule has 0 atom stereocenters. The zero-order valence-electron chi connectivity index (χ0n) is 10.3. The molecule has 90 valence electrons. The Morgan fingerprint density at radius 2 is 1.83 bits per heavy atom. The lowest BCUT2D eigenvalue weighted by atomic mass is 10.1. The van der Waals surface area contributed by atoms with Crippen molar-refractivity contribution in [2.24, 2.45) is 0 Å². The quantitative estimate of drug-likeness (QED) is 0.690. The molecule has 0 spiro atoms. The molecule has 0 saturated heterocycles. The first-order chi connectivity index (χ1) is 8.81. The van der Waals surface area contributed by atoms with Crippen LogP contribution in [0.3, 0.4) is 0 Å². The van der Waals surface area contributed by atoms with Crippen LogP contribution in [-0.4, -0.2) is 21.5 Å². The summed E-state index contributed by atoms with van der Waals surface area (Å²) in [6.07, 6.45) is 3.60. The van der Waals surface area contributed by atoms with E-state index in [1.807, 2.05) is 31.3 Å². The topological polar surface area (TPSA) is 39.4 Å². The standard InChI is InChI=1S/C14H13N3O/c1-10-15-9-13-14(18-2)16-8-12(17(10)13)11-6-4-3-5-7-11/h3-9H,1-2H3. The van der Waals surface area contributed by atoms with E-state index in [4.69, 9.17) is 4.74 Å². The number of imidazole rings is 1. The SMILES string of the molecule is COc1ncc(-c2ccccc2)n2c(C)ncc12. The molecule has 0 bridgehead atoms. The van der Waals surface area contributed by atoms with Gasteiger partial charge in [-0.2, -0.15) is 0 Å². The second kappa shape index (κ2) is 4.14. The summed E-state index contributed by atoms with van der Waals surface area (Å²) in [4.78, 5) is 8.67. The molecule has 0 aliphatic carbocycles. The molecule has 4 nitrogen and oxygen atoms in total. The van der Waals surface area contributed by atoms with Crippen LogP contribution in [0.4, 0.5) is 0 Å². The van der Waals surface area contributed by atoms with Gasteiger partial charge in [-0.05, 0) is 6.92 Å². The number of nitrogens with zero attached hydrogens (tertiary/aromatic N) is 3. The zero-order chi connectivity index (χ0) is 12.5. The summed E-state index contributed by atoms with van der Waals surface area (Å²) in [5.41, 5.74) is 3.01. The number of ether oxygens (including phenoxy) is 1. The minimum absolute atomic E-state index is 0.593. The van der Waals surface area contributed by atoms with Gasteiger partial charge in [0.2, 0.25) is 5.88 Å². The minimum Gasteiger partial charge on any atom is -0.479 e. The number of fused-ring (bicyclic) bond motifs is 1. The van der Waals surface area contributed by atoms with Gasteiger partial charge in [0.1, 0.15) is 11.3 Å². The van der Waals surface area contributed by atoms with Gasteiger partial charge in [-0.1, -0.05) is 30.3 Å². The van der Waals surface area contributed by atoms with Gasteiger partial charge >= 0.3 is 0 Å². The number of methoxy groups -OCH3 is 1. The largest absolute Gasteiger partial charge is 0.479 e. The van der Waals surface area contributed by atoms with E-state index in [0.29, 0.717) is 5.88 Å². The highest BCUT2D eigenvalue weighted by Crippen LogP contribution is 2.25. The Kier molecular flexibility index (Phi) is 2.48. The molecule has 3 aromatic rings. The molecule has 1 aromatic carbocycles. The Bertz CT molecular complexity index is 689. The Labute approximate surface area is 105 Å². The highest BCUT2D eigenvalue weighted by Gasteiger charge is 2.11. The monoisotopic (exact) mass is 239 g/mol. The van der Waals surface area contributed by atoms with E-state index in [1.165, 1.54) is 0 Å². The first kappa shape index (κ1) is 10.8. The summed E-state index contributed by atoms with van der Waals surface area (Å²) in [6, 6.07) is 10.1. The summed E-state index contributed by atoms with van der Waals surface area (Å²) >= 11 is 0. The van der Waals surface area contributed by atoms with Crippen LogP contribution < -0.4 is 4.74 Å². The van der Waals surface area contributed by atoms with Crippen LogP contribution in [-0.2, 0) is 0 Å². The average Bonchev–Trinajstić information content (AvgIpc) is 2.82. The number of benzene rings is 1. The molecule has 0 radical (unpaired) electrons. The van der Waals surface area contributed by atoms with Crippen molar-refractivity contribution in [3.8, 4) is 17.1 Å². The fourth-order valence-corrected chi connectivity index (χ4v) is 2.11. The molecule has 0 amide bonds. The molecule has 0 N–H and O–H groups in total. The van der Waals surface area contributed by atoms with E-state index in [9.17, 15) is 0 Å². The van der Waals surface area contributed by atoms with Crippen LogP contribution in [0.2, 0.25) is 0 Å². The smallest absolute Gasteiger partial charge is 0.239 e. The third-order valence-corrected chi connectivity index (χ3v) is 2.97. The summed E-state index contributed by atoms with van der Waals surface area (Å²) in [7, 11) is 1.62. The fraction of sp³-hybridized carbons (Fsp3) is 0.143. The van der Waals surface area contributed by atoms with Gasteiger partial charge in [-0.25, -0.2) is 9.97 Å². The highest BCUT2D eigenvalue weighted by molar-refractivity contribution is 5.67. The predicted octanol–water partition coefficient (Wildman–Crippen LogP) is 2.71. The van der Waals surface area contributed by atoms with E-state index in [-0.39, 0.29) is 0 Å². The van der Waals surface area contributed by atoms with Gasteiger partial charge in [0.25, 0.3) is 0 Å². The molecule has 2 aromatic heterocycles. The lowest BCUT2D eigenvalue weighted by molar-refractivity contribution is 0.401. The summed E-state index contributed by atoms with van der Waals surface area (Å²) < 4.78 is 7.32. The molecule has 2 heterocycles. The van der Waals surface area contributed by atoms with Crippen molar-refractivity contribution < 1.29 is 4.74 Å². The molecular formula is C14H13N3O. The molecule has 0 saturated carbocycles. The van der Waals surface area contributed by atoms with Gasteiger partial charge in [-0.15, -0.1) is 0 Å². The molecule has 0 unspecified atom stereocenters. The second-order valence-electron chi connectivity index (χ2n) is 4.04. The maximum absolute atomic E-state index is 5.26. The second-order valence-corrected chi connectivity index (χ2v) is 4.04. The van der Waals surface area contributed by atoms with Gasteiger partial charge in [0, 0.05) is 5.56 Å². The number of aryl methyl sites for hydroxylation is 1. The van der Waals surface area contributed by atoms with Gasteiger partial charge in [0.05, 0.1) is 25.2 Å².